The average molecular weight is 394 g/mol. The summed E-state index contributed by atoms with van der Waals surface area (Å²) >= 11 is 2.68. The molecule has 0 unspecified atom stereocenters. The van der Waals surface area contributed by atoms with Gasteiger partial charge in [-0.05, 0) is 35.7 Å². The van der Waals surface area contributed by atoms with E-state index in [0.717, 1.165) is 4.88 Å². The van der Waals surface area contributed by atoms with Crippen LogP contribution < -0.4 is 9.46 Å². The molecule has 0 saturated carbocycles. The number of rotatable bonds is 7. The molecule has 25 heavy (non-hydrogen) atoms. The van der Waals surface area contributed by atoms with E-state index < -0.39 is 10.0 Å². The van der Waals surface area contributed by atoms with Gasteiger partial charge in [-0.3, -0.25) is 4.79 Å². The molecular weight excluding hydrogens is 378 g/mol. The minimum atomic E-state index is -3.65. The lowest BCUT2D eigenvalue weighted by Crippen LogP contribution is -2.22. The summed E-state index contributed by atoms with van der Waals surface area (Å²) in [5.41, 5.74) is 0. The maximum atomic E-state index is 12.4. The Morgan fingerprint density at radius 2 is 1.96 bits per heavy atom. The fourth-order valence-electron chi connectivity index (χ4n) is 2.14. The lowest BCUT2D eigenvalue weighted by Gasteiger charge is -2.07. The summed E-state index contributed by atoms with van der Waals surface area (Å²) in [6.07, 6.45) is 0. The number of nitrogens with one attached hydrogen (secondary N) is 1. The summed E-state index contributed by atoms with van der Waals surface area (Å²) in [7, 11) is -2.17. The Morgan fingerprint density at radius 1 is 1.12 bits per heavy atom. The first-order valence-corrected chi connectivity index (χ1v) is 10.5. The molecule has 3 aromatic rings. The van der Waals surface area contributed by atoms with E-state index in [0.29, 0.717) is 15.5 Å². The lowest BCUT2D eigenvalue weighted by molar-refractivity contribution is 0.104. The molecule has 0 aliphatic carbocycles. The molecule has 0 aliphatic heterocycles. The van der Waals surface area contributed by atoms with Gasteiger partial charge in [0.1, 0.15) is 5.75 Å². The fourth-order valence-corrected chi connectivity index (χ4v) is 4.92. The van der Waals surface area contributed by atoms with Crippen LogP contribution in [0.1, 0.15) is 19.4 Å². The summed E-state index contributed by atoms with van der Waals surface area (Å²) in [6, 6.07) is 13.4. The highest BCUT2D eigenvalue weighted by molar-refractivity contribution is 7.89. The normalized spacial score (nSPS) is 11.4. The number of ketones is 1. The number of hydrogen-bond donors (Lipinski definition) is 1. The molecule has 2 aromatic heterocycles. The van der Waals surface area contributed by atoms with Crippen LogP contribution in [-0.4, -0.2) is 21.3 Å². The van der Waals surface area contributed by atoms with E-state index in [9.17, 15) is 13.2 Å². The predicted octanol–water partition coefficient (Wildman–Crippen LogP) is 3.53. The van der Waals surface area contributed by atoms with Gasteiger partial charge in [-0.2, -0.15) is 0 Å². The van der Waals surface area contributed by atoms with Crippen LogP contribution in [0.25, 0.3) is 0 Å². The number of methoxy groups -OCH3 is 1. The molecule has 0 amide bonds. The third kappa shape index (κ3) is 4.16. The second-order valence-electron chi connectivity index (χ2n) is 5.08. The van der Waals surface area contributed by atoms with Crippen molar-refractivity contribution in [2.24, 2.45) is 0 Å². The van der Waals surface area contributed by atoms with Crippen molar-refractivity contribution >= 4 is 38.5 Å². The molecule has 0 aliphatic rings. The molecule has 0 radical (unpaired) electrons. The second kappa shape index (κ2) is 7.49. The zero-order chi connectivity index (χ0) is 17.9. The van der Waals surface area contributed by atoms with Crippen molar-refractivity contribution in [1.82, 2.24) is 4.72 Å². The van der Waals surface area contributed by atoms with Crippen molar-refractivity contribution in [3.63, 3.8) is 0 Å². The quantitative estimate of drug-likeness (QED) is 0.623. The summed E-state index contributed by atoms with van der Waals surface area (Å²) in [4.78, 5) is 14.5. The van der Waals surface area contributed by atoms with Gasteiger partial charge in [0, 0.05) is 17.5 Å². The molecule has 1 aromatic carbocycles. The Bertz CT molecular complexity index is 975. The Kier molecular flexibility index (Phi) is 5.33. The summed E-state index contributed by atoms with van der Waals surface area (Å²) in [5, 5.41) is 1.85. The Balaban J connectivity index is 1.70. The lowest BCUT2D eigenvalue weighted by atomic mass is 10.3. The number of hydrogen-bond acceptors (Lipinski definition) is 6. The van der Waals surface area contributed by atoms with E-state index in [4.69, 9.17) is 4.74 Å². The standard InChI is InChI=1S/C17H15NO4S3/c1-22-12-4-2-5-14(10-12)25(20,21)18-11-13-7-8-16(24-13)17(19)15-6-3-9-23-15/h2-10,18H,11H2,1H3. The first-order chi connectivity index (χ1) is 12.0. The number of sulfonamides is 1. The third-order valence-corrected chi connectivity index (χ3v) is 6.77. The van der Waals surface area contributed by atoms with Gasteiger partial charge in [0.2, 0.25) is 15.8 Å². The van der Waals surface area contributed by atoms with Gasteiger partial charge in [0.05, 0.1) is 21.8 Å². The van der Waals surface area contributed by atoms with Crippen molar-refractivity contribution < 1.29 is 17.9 Å². The number of carbonyl (C=O) groups is 1. The smallest absolute Gasteiger partial charge is 0.241 e. The first-order valence-electron chi connectivity index (χ1n) is 7.30. The van der Waals surface area contributed by atoms with Gasteiger partial charge in [-0.1, -0.05) is 12.1 Å². The first kappa shape index (κ1) is 17.8. The molecule has 3 rings (SSSR count). The van der Waals surface area contributed by atoms with Crippen LogP contribution in [0.15, 0.2) is 58.8 Å². The van der Waals surface area contributed by atoms with Gasteiger partial charge in [-0.25, -0.2) is 13.1 Å². The van der Waals surface area contributed by atoms with Gasteiger partial charge in [-0.15, -0.1) is 22.7 Å². The summed E-state index contributed by atoms with van der Waals surface area (Å²) in [5.74, 6) is 0.435. The van der Waals surface area contributed by atoms with Gasteiger partial charge in [0.25, 0.3) is 0 Å². The van der Waals surface area contributed by atoms with Gasteiger partial charge >= 0.3 is 0 Å². The zero-order valence-electron chi connectivity index (χ0n) is 13.3. The van der Waals surface area contributed by atoms with E-state index in [1.807, 2.05) is 11.4 Å². The molecule has 0 atom stereocenters. The van der Waals surface area contributed by atoms with Crippen LogP contribution in [0.4, 0.5) is 0 Å². The molecule has 0 spiro atoms. The van der Waals surface area contributed by atoms with Crippen molar-refractivity contribution in [3.05, 3.63) is 68.5 Å². The molecule has 0 saturated heterocycles. The zero-order valence-corrected chi connectivity index (χ0v) is 15.7. The highest BCUT2D eigenvalue weighted by Crippen LogP contribution is 2.23. The molecule has 8 heteroatoms. The highest BCUT2D eigenvalue weighted by Gasteiger charge is 2.17. The number of thiophene rings is 2. The largest absolute Gasteiger partial charge is 0.497 e. The maximum absolute atomic E-state index is 12.4. The Hall–Kier alpha value is -2.00. The predicted molar refractivity (Wildman–Crippen MR) is 99.1 cm³/mol. The van der Waals surface area contributed by atoms with Gasteiger partial charge < -0.3 is 4.74 Å². The summed E-state index contributed by atoms with van der Waals surface area (Å²) in [6.45, 7) is 0.127. The summed E-state index contributed by atoms with van der Waals surface area (Å²) < 4.78 is 32.3. The van der Waals surface area contributed by atoms with Crippen molar-refractivity contribution in [1.29, 1.82) is 0 Å². The van der Waals surface area contributed by atoms with E-state index >= 15 is 0 Å². The Morgan fingerprint density at radius 3 is 2.68 bits per heavy atom. The molecule has 5 nitrogen and oxygen atoms in total. The van der Waals surface area contributed by atoms with Crippen LogP contribution in [0.5, 0.6) is 5.75 Å². The van der Waals surface area contributed by atoms with Crippen LogP contribution in [0.2, 0.25) is 0 Å². The monoisotopic (exact) mass is 393 g/mol. The maximum Gasteiger partial charge on any atom is 0.241 e. The number of benzene rings is 1. The van der Waals surface area contributed by atoms with Crippen molar-refractivity contribution in [3.8, 4) is 5.75 Å². The van der Waals surface area contributed by atoms with Crippen LogP contribution in [0.3, 0.4) is 0 Å². The topological polar surface area (TPSA) is 72.5 Å². The Labute approximate surface area is 154 Å². The van der Waals surface area contributed by atoms with Crippen LogP contribution >= 0.6 is 22.7 Å². The van der Waals surface area contributed by atoms with Crippen molar-refractivity contribution in [2.75, 3.05) is 7.11 Å². The van der Waals surface area contributed by atoms with E-state index in [1.165, 1.54) is 41.9 Å². The molecule has 0 fully saturated rings. The minimum absolute atomic E-state index is 0.0399. The highest BCUT2D eigenvalue weighted by atomic mass is 32.2. The molecular formula is C17H15NO4S3. The third-order valence-electron chi connectivity index (χ3n) is 3.42. The fraction of sp³-hybridized carbons (Fsp3) is 0.118. The number of ether oxygens (including phenoxy) is 1. The molecule has 1 N–H and O–H groups in total. The second-order valence-corrected chi connectivity index (χ2v) is 8.96. The minimum Gasteiger partial charge on any atom is -0.497 e. The van der Waals surface area contributed by atoms with Crippen molar-refractivity contribution in [2.45, 2.75) is 11.4 Å². The van der Waals surface area contributed by atoms with Crippen LogP contribution in [0, 0.1) is 0 Å². The molecule has 130 valence electrons. The van der Waals surface area contributed by atoms with Crippen LogP contribution in [-0.2, 0) is 16.6 Å². The van der Waals surface area contributed by atoms with E-state index in [-0.39, 0.29) is 17.2 Å². The van der Waals surface area contributed by atoms with E-state index in [2.05, 4.69) is 4.72 Å². The number of carbonyl (C=O) groups excluding carboxylic acids is 1. The van der Waals surface area contributed by atoms with E-state index in [1.54, 1.807) is 30.3 Å². The molecule has 0 bridgehead atoms. The molecule has 2 heterocycles. The SMILES string of the molecule is COc1cccc(S(=O)(=O)NCc2ccc(C(=O)c3cccs3)s2)c1. The van der Waals surface area contributed by atoms with Gasteiger partial charge in [0.15, 0.2) is 0 Å². The average Bonchev–Trinajstić information content (AvgIpc) is 3.31.